The van der Waals surface area contributed by atoms with Gasteiger partial charge in [0, 0.05) is 37.1 Å². The van der Waals surface area contributed by atoms with Crippen LogP contribution in [-0.2, 0) is 4.74 Å². The summed E-state index contributed by atoms with van der Waals surface area (Å²) in [5.74, 6) is 0.880. The summed E-state index contributed by atoms with van der Waals surface area (Å²) in [5, 5.41) is 4.65. The molecule has 1 fully saturated rings. The van der Waals surface area contributed by atoms with E-state index in [4.69, 9.17) is 15.2 Å². The second-order valence-electron chi connectivity index (χ2n) is 6.56. The molecule has 2 N–H and O–H groups in total. The molecule has 0 atom stereocenters. The largest absolute Gasteiger partial charge is 0.492 e. The molecule has 0 amide bonds. The molecule has 1 saturated heterocycles. The van der Waals surface area contributed by atoms with Gasteiger partial charge in [0.25, 0.3) is 0 Å². The second kappa shape index (κ2) is 8.24. The fourth-order valence-corrected chi connectivity index (χ4v) is 3.09. The van der Waals surface area contributed by atoms with Crippen molar-refractivity contribution < 1.29 is 9.47 Å². The molecule has 0 radical (unpaired) electrons. The fourth-order valence-electron chi connectivity index (χ4n) is 3.09. The maximum Gasteiger partial charge on any atom is 0.119 e. The molecule has 0 saturated carbocycles. The fraction of sp³-hybridized carbons (Fsp3) is 0.286. The average molecular weight is 364 g/mol. The van der Waals surface area contributed by atoms with Gasteiger partial charge in [-0.2, -0.15) is 5.10 Å². The maximum atomic E-state index is 5.87. The molecule has 6 nitrogen and oxygen atoms in total. The Hall–Kier alpha value is -2.83. The van der Waals surface area contributed by atoms with Crippen LogP contribution in [0.2, 0.25) is 0 Å². The van der Waals surface area contributed by atoms with Gasteiger partial charge in [-0.15, -0.1) is 0 Å². The van der Waals surface area contributed by atoms with Crippen molar-refractivity contribution in [3.63, 3.8) is 0 Å². The van der Waals surface area contributed by atoms with Gasteiger partial charge in [-0.25, -0.2) is 4.68 Å². The Labute approximate surface area is 159 Å². The SMILES string of the molecule is Nc1ccc(-n2ccc(-c3ccc(OCCN4CCOCC4)cc3)n2)cc1. The van der Waals surface area contributed by atoms with E-state index in [1.165, 1.54) is 0 Å². The predicted molar refractivity (Wildman–Crippen MR) is 106 cm³/mol. The lowest BCUT2D eigenvalue weighted by atomic mass is 10.1. The van der Waals surface area contributed by atoms with E-state index in [2.05, 4.69) is 10.00 Å². The van der Waals surface area contributed by atoms with Gasteiger partial charge in [0.1, 0.15) is 12.4 Å². The minimum Gasteiger partial charge on any atom is -0.492 e. The Balaban J connectivity index is 1.35. The van der Waals surface area contributed by atoms with E-state index in [0.717, 1.165) is 61.2 Å². The van der Waals surface area contributed by atoms with Gasteiger partial charge >= 0.3 is 0 Å². The van der Waals surface area contributed by atoms with Gasteiger partial charge in [-0.05, 0) is 54.6 Å². The third-order valence-corrected chi connectivity index (χ3v) is 4.68. The number of rotatable bonds is 6. The first-order valence-electron chi connectivity index (χ1n) is 9.23. The lowest BCUT2D eigenvalue weighted by molar-refractivity contribution is 0.0322. The van der Waals surface area contributed by atoms with Crippen LogP contribution in [0.5, 0.6) is 5.75 Å². The molecule has 4 rings (SSSR count). The van der Waals surface area contributed by atoms with Crippen LogP contribution in [0.25, 0.3) is 16.9 Å². The highest BCUT2D eigenvalue weighted by atomic mass is 16.5. The Kier molecular flexibility index (Phi) is 5.37. The molecule has 3 aromatic rings. The summed E-state index contributed by atoms with van der Waals surface area (Å²) in [7, 11) is 0. The molecular formula is C21H24N4O2. The number of anilines is 1. The van der Waals surface area contributed by atoms with Gasteiger partial charge < -0.3 is 15.2 Å². The van der Waals surface area contributed by atoms with E-state index >= 15 is 0 Å². The summed E-state index contributed by atoms with van der Waals surface area (Å²) in [5.41, 5.74) is 9.46. The van der Waals surface area contributed by atoms with Crippen molar-refractivity contribution in [2.24, 2.45) is 0 Å². The van der Waals surface area contributed by atoms with Crippen LogP contribution in [0.1, 0.15) is 0 Å². The van der Waals surface area contributed by atoms with Gasteiger partial charge in [0.15, 0.2) is 0 Å². The molecule has 1 aromatic heterocycles. The average Bonchev–Trinajstić information content (AvgIpc) is 3.20. The Morgan fingerprint density at radius 3 is 2.44 bits per heavy atom. The number of nitrogen functional groups attached to an aromatic ring is 1. The van der Waals surface area contributed by atoms with E-state index in [9.17, 15) is 0 Å². The van der Waals surface area contributed by atoms with Crippen molar-refractivity contribution in [3.05, 3.63) is 60.8 Å². The zero-order valence-electron chi connectivity index (χ0n) is 15.3. The Morgan fingerprint density at radius 2 is 1.70 bits per heavy atom. The third-order valence-electron chi connectivity index (χ3n) is 4.68. The number of nitrogens with zero attached hydrogens (tertiary/aromatic N) is 3. The van der Waals surface area contributed by atoms with Crippen molar-refractivity contribution in [3.8, 4) is 22.7 Å². The highest BCUT2D eigenvalue weighted by molar-refractivity contribution is 5.60. The Morgan fingerprint density at radius 1 is 0.963 bits per heavy atom. The van der Waals surface area contributed by atoms with Crippen LogP contribution in [0.4, 0.5) is 5.69 Å². The Bertz CT molecular complexity index is 853. The highest BCUT2D eigenvalue weighted by Crippen LogP contribution is 2.22. The quantitative estimate of drug-likeness (QED) is 0.682. The van der Waals surface area contributed by atoms with Crippen LogP contribution < -0.4 is 10.5 Å². The number of ether oxygens (including phenoxy) is 2. The normalized spacial score (nSPS) is 15.0. The summed E-state index contributed by atoms with van der Waals surface area (Å²) < 4.78 is 13.1. The van der Waals surface area contributed by atoms with Gasteiger partial charge in [0.05, 0.1) is 24.6 Å². The van der Waals surface area contributed by atoms with Crippen molar-refractivity contribution >= 4 is 5.69 Å². The van der Waals surface area contributed by atoms with Crippen molar-refractivity contribution in [1.82, 2.24) is 14.7 Å². The topological polar surface area (TPSA) is 65.5 Å². The molecular weight excluding hydrogens is 340 g/mol. The molecule has 2 heterocycles. The van der Waals surface area contributed by atoms with E-state index in [-0.39, 0.29) is 0 Å². The number of nitrogens with two attached hydrogens (primary N) is 1. The van der Waals surface area contributed by atoms with Crippen molar-refractivity contribution in [1.29, 1.82) is 0 Å². The van der Waals surface area contributed by atoms with Gasteiger partial charge in [0.2, 0.25) is 0 Å². The van der Waals surface area contributed by atoms with E-state index in [1.54, 1.807) is 0 Å². The zero-order valence-corrected chi connectivity index (χ0v) is 15.3. The number of hydrogen-bond donors (Lipinski definition) is 1. The van der Waals surface area contributed by atoms with Crippen LogP contribution in [0.15, 0.2) is 60.8 Å². The summed E-state index contributed by atoms with van der Waals surface area (Å²) in [6.07, 6.45) is 1.95. The number of morpholine rings is 1. The first-order valence-corrected chi connectivity index (χ1v) is 9.23. The smallest absolute Gasteiger partial charge is 0.119 e. The first-order chi connectivity index (χ1) is 13.3. The third kappa shape index (κ3) is 4.48. The van der Waals surface area contributed by atoms with Crippen LogP contribution in [-0.4, -0.2) is 54.1 Å². The number of aromatic nitrogens is 2. The molecule has 6 heteroatoms. The molecule has 140 valence electrons. The predicted octanol–water partition coefficient (Wildman–Crippen LogP) is 2.83. The van der Waals surface area contributed by atoms with Crippen molar-refractivity contribution in [2.45, 2.75) is 0 Å². The first kappa shape index (κ1) is 17.6. The minimum atomic E-state index is 0.686. The van der Waals surface area contributed by atoms with E-state index < -0.39 is 0 Å². The lowest BCUT2D eigenvalue weighted by Gasteiger charge is -2.26. The van der Waals surface area contributed by atoms with Gasteiger partial charge in [-0.1, -0.05) is 0 Å². The lowest BCUT2D eigenvalue weighted by Crippen LogP contribution is -2.38. The molecule has 0 aliphatic carbocycles. The monoisotopic (exact) mass is 364 g/mol. The standard InChI is InChI=1S/C21H24N4O2/c22-18-3-5-19(6-4-18)25-10-9-21(23-25)17-1-7-20(8-2-17)27-16-13-24-11-14-26-15-12-24/h1-10H,11-16,22H2. The molecule has 0 bridgehead atoms. The summed E-state index contributed by atoms with van der Waals surface area (Å²) in [6.45, 7) is 5.22. The minimum absolute atomic E-state index is 0.686. The molecule has 27 heavy (non-hydrogen) atoms. The molecule has 0 spiro atoms. The van der Waals surface area contributed by atoms with Crippen molar-refractivity contribution in [2.75, 3.05) is 45.2 Å². The molecule has 1 aliphatic rings. The highest BCUT2D eigenvalue weighted by Gasteiger charge is 2.10. The number of hydrogen-bond acceptors (Lipinski definition) is 5. The summed E-state index contributed by atoms with van der Waals surface area (Å²) in [4.78, 5) is 2.36. The molecule has 1 aliphatic heterocycles. The van der Waals surface area contributed by atoms with Crippen LogP contribution in [0.3, 0.4) is 0 Å². The second-order valence-corrected chi connectivity index (χ2v) is 6.56. The van der Waals surface area contributed by atoms with Gasteiger partial charge in [-0.3, -0.25) is 4.90 Å². The summed E-state index contributed by atoms with van der Waals surface area (Å²) in [6, 6.07) is 17.7. The molecule has 0 unspecified atom stereocenters. The van der Waals surface area contributed by atoms with Crippen LogP contribution >= 0.6 is 0 Å². The number of benzene rings is 2. The maximum absolute atomic E-state index is 5.87. The van der Waals surface area contributed by atoms with E-state index in [0.29, 0.717) is 6.61 Å². The molecule has 2 aromatic carbocycles. The van der Waals surface area contributed by atoms with E-state index in [1.807, 2.05) is 65.5 Å². The zero-order chi connectivity index (χ0) is 18.5. The summed E-state index contributed by atoms with van der Waals surface area (Å²) >= 11 is 0. The van der Waals surface area contributed by atoms with Crippen LogP contribution in [0, 0.1) is 0 Å².